The summed E-state index contributed by atoms with van der Waals surface area (Å²) in [5, 5.41) is 10.2. The van der Waals surface area contributed by atoms with Gasteiger partial charge in [0.1, 0.15) is 6.54 Å². The fraction of sp³-hybridized carbons (Fsp3) is 0.643. The second-order valence-corrected chi connectivity index (χ2v) is 5.21. The molecule has 0 aromatic carbocycles. The molecule has 0 radical (unpaired) electrons. The van der Waals surface area contributed by atoms with Crippen LogP contribution in [0.4, 0.5) is 5.69 Å². The van der Waals surface area contributed by atoms with Gasteiger partial charge in [0.15, 0.2) is 0 Å². The van der Waals surface area contributed by atoms with Crippen molar-refractivity contribution in [2.75, 3.05) is 38.5 Å². The van der Waals surface area contributed by atoms with Crippen LogP contribution < -0.4 is 16.2 Å². The van der Waals surface area contributed by atoms with Gasteiger partial charge in [-0.15, -0.1) is 0 Å². The Morgan fingerprint density at radius 1 is 1.29 bits per heavy atom. The van der Waals surface area contributed by atoms with E-state index in [2.05, 4.69) is 15.7 Å². The van der Waals surface area contributed by atoms with Gasteiger partial charge in [0, 0.05) is 32.2 Å². The molecule has 0 atom stereocenters. The number of amides is 1. The minimum absolute atomic E-state index is 0.0234. The molecule has 2 N–H and O–H groups in total. The van der Waals surface area contributed by atoms with Crippen molar-refractivity contribution < 1.29 is 4.79 Å². The largest absolute Gasteiger partial charge is 0.382 e. The van der Waals surface area contributed by atoms with Gasteiger partial charge in [0.05, 0.1) is 11.9 Å². The number of nitrogens with one attached hydrogen (secondary N) is 2. The molecule has 116 valence electrons. The predicted molar refractivity (Wildman–Crippen MR) is 81.3 cm³/mol. The van der Waals surface area contributed by atoms with E-state index in [9.17, 15) is 9.59 Å². The zero-order chi connectivity index (χ0) is 15.1. The van der Waals surface area contributed by atoms with E-state index in [-0.39, 0.29) is 18.0 Å². The lowest BCUT2D eigenvalue weighted by Gasteiger charge is -2.26. The third-order valence-corrected chi connectivity index (χ3v) is 3.57. The number of nitrogens with zero attached hydrogens (tertiary/aromatic N) is 3. The molecule has 21 heavy (non-hydrogen) atoms. The Morgan fingerprint density at radius 2 is 2.05 bits per heavy atom. The van der Waals surface area contributed by atoms with Gasteiger partial charge in [-0.25, -0.2) is 4.68 Å². The van der Waals surface area contributed by atoms with E-state index in [1.54, 1.807) is 6.20 Å². The van der Waals surface area contributed by atoms with Gasteiger partial charge in [-0.1, -0.05) is 0 Å². The van der Waals surface area contributed by atoms with Crippen LogP contribution in [0.2, 0.25) is 0 Å². The fourth-order valence-electron chi connectivity index (χ4n) is 2.35. The number of rotatable bonds is 6. The summed E-state index contributed by atoms with van der Waals surface area (Å²) in [5.74, 6) is -0.0276. The summed E-state index contributed by atoms with van der Waals surface area (Å²) in [6.07, 6.45) is 4.85. The second-order valence-electron chi connectivity index (χ2n) is 5.21. The molecule has 1 aliphatic heterocycles. The van der Waals surface area contributed by atoms with Gasteiger partial charge in [-0.05, 0) is 26.3 Å². The maximum atomic E-state index is 12.1. The highest BCUT2D eigenvalue weighted by atomic mass is 16.2. The van der Waals surface area contributed by atoms with E-state index in [0.29, 0.717) is 12.2 Å². The maximum Gasteiger partial charge on any atom is 0.269 e. The number of anilines is 1. The molecule has 0 saturated carbocycles. The van der Waals surface area contributed by atoms with Crippen LogP contribution in [0.25, 0.3) is 0 Å². The summed E-state index contributed by atoms with van der Waals surface area (Å²) in [5.41, 5.74) is 0.423. The topological polar surface area (TPSA) is 79.3 Å². The Kier molecular flexibility index (Phi) is 5.74. The molecular formula is C14H23N5O2. The monoisotopic (exact) mass is 293 g/mol. The first kappa shape index (κ1) is 15.5. The molecule has 0 bridgehead atoms. The lowest BCUT2D eigenvalue weighted by Crippen LogP contribution is -2.40. The van der Waals surface area contributed by atoms with E-state index >= 15 is 0 Å². The van der Waals surface area contributed by atoms with Gasteiger partial charge >= 0.3 is 0 Å². The zero-order valence-electron chi connectivity index (χ0n) is 12.5. The highest BCUT2D eigenvalue weighted by Gasteiger charge is 2.17. The van der Waals surface area contributed by atoms with Crippen molar-refractivity contribution in [3.05, 3.63) is 22.6 Å². The summed E-state index contributed by atoms with van der Waals surface area (Å²) < 4.78 is 1.22. The van der Waals surface area contributed by atoms with E-state index in [1.165, 1.54) is 17.2 Å². The Bertz CT molecular complexity index is 522. The van der Waals surface area contributed by atoms with Crippen LogP contribution in [0.5, 0.6) is 0 Å². The smallest absolute Gasteiger partial charge is 0.269 e. The zero-order valence-corrected chi connectivity index (χ0v) is 12.5. The Labute approximate surface area is 124 Å². The molecule has 7 nitrogen and oxygen atoms in total. The Balaban J connectivity index is 1.93. The highest BCUT2D eigenvalue weighted by molar-refractivity contribution is 5.75. The fourth-order valence-corrected chi connectivity index (χ4v) is 2.35. The minimum atomic E-state index is -0.255. The minimum Gasteiger partial charge on any atom is -0.382 e. The lowest BCUT2D eigenvalue weighted by molar-refractivity contribution is -0.133. The molecule has 1 saturated heterocycles. The van der Waals surface area contributed by atoms with Crippen LogP contribution >= 0.6 is 0 Å². The van der Waals surface area contributed by atoms with Crippen LogP contribution in [-0.4, -0.2) is 53.8 Å². The van der Waals surface area contributed by atoms with Crippen LogP contribution in [0, 0.1) is 0 Å². The average molecular weight is 293 g/mol. The SMILES string of the molecule is CNCCNc1cnn(CC(=O)N2CCCCC2)c(=O)c1. The number of likely N-dealkylation sites (tertiary alicyclic amines) is 1. The standard InChI is InChI=1S/C14H23N5O2/c1-15-5-6-16-12-9-13(20)19(17-10-12)11-14(21)18-7-3-2-4-8-18/h9-10,15-16H,2-8,11H2,1H3. The van der Waals surface area contributed by atoms with Gasteiger partial charge in [-0.2, -0.15) is 5.10 Å². The van der Waals surface area contributed by atoms with Crippen LogP contribution in [0.3, 0.4) is 0 Å². The second kappa shape index (κ2) is 7.78. The molecule has 1 amide bonds. The van der Waals surface area contributed by atoms with E-state index in [1.807, 2.05) is 11.9 Å². The van der Waals surface area contributed by atoms with Crippen molar-refractivity contribution >= 4 is 11.6 Å². The molecule has 1 aromatic heterocycles. The van der Waals surface area contributed by atoms with Crippen LogP contribution in [-0.2, 0) is 11.3 Å². The maximum absolute atomic E-state index is 12.1. The van der Waals surface area contributed by atoms with Gasteiger partial charge in [-0.3, -0.25) is 9.59 Å². The molecule has 0 aliphatic carbocycles. The van der Waals surface area contributed by atoms with Crippen molar-refractivity contribution in [2.45, 2.75) is 25.8 Å². The van der Waals surface area contributed by atoms with Gasteiger partial charge in [0.2, 0.25) is 5.91 Å². The number of carbonyl (C=O) groups is 1. The van der Waals surface area contributed by atoms with E-state index < -0.39 is 0 Å². The predicted octanol–water partition coefficient (Wildman–Crippen LogP) is -0.113. The van der Waals surface area contributed by atoms with E-state index in [4.69, 9.17) is 0 Å². The summed E-state index contributed by atoms with van der Waals surface area (Å²) in [4.78, 5) is 25.9. The molecular weight excluding hydrogens is 270 g/mol. The number of piperidine rings is 1. The Morgan fingerprint density at radius 3 is 2.71 bits per heavy atom. The van der Waals surface area contributed by atoms with Crippen molar-refractivity contribution in [2.24, 2.45) is 0 Å². The molecule has 2 rings (SSSR count). The normalized spacial score (nSPS) is 15.0. The first-order valence-corrected chi connectivity index (χ1v) is 7.44. The molecule has 2 heterocycles. The molecule has 1 fully saturated rings. The number of hydrogen-bond acceptors (Lipinski definition) is 5. The first-order chi connectivity index (χ1) is 10.2. The summed E-state index contributed by atoms with van der Waals surface area (Å²) in [7, 11) is 1.87. The van der Waals surface area contributed by atoms with Crippen molar-refractivity contribution in [1.29, 1.82) is 0 Å². The summed E-state index contributed by atoms with van der Waals surface area (Å²) >= 11 is 0. The van der Waals surface area contributed by atoms with Crippen molar-refractivity contribution in [3.63, 3.8) is 0 Å². The van der Waals surface area contributed by atoms with E-state index in [0.717, 1.165) is 32.5 Å². The summed E-state index contributed by atoms with van der Waals surface area (Å²) in [6.45, 7) is 3.12. The van der Waals surface area contributed by atoms with Gasteiger partial charge in [0.25, 0.3) is 5.56 Å². The number of likely N-dealkylation sites (N-methyl/N-ethyl adjacent to an activating group) is 1. The number of hydrogen-bond donors (Lipinski definition) is 2. The summed E-state index contributed by atoms with van der Waals surface area (Å²) in [6, 6.07) is 1.48. The van der Waals surface area contributed by atoms with Crippen molar-refractivity contribution in [3.8, 4) is 0 Å². The quantitative estimate of drug-likeness (QED) is 0.715. The van der Waals surface area contributed by atoms with Crippen LogP contribution in [0.15, 0.2) is 17.1 Å². The molecule has 1 aliphatic rings. The molecule has 0 unspecified atom stereocenters. The third kappa shape index (κ3) is 4.56. The third-order valence-electron chi connectivity index (χ3n) is 3.57. The Hall–Kier alpha value is -1.89. The van der Waals surface area contributed by atoms with Crippen LogP contribution in [0.1, 0.15) is 19.3 Å². The molecule has 1 aromatic rings. The molecule has 7 heteroatoms. The number of aromatic nitrogens is 2. The lowest BCUT2D eigenvalue weighted by atomic mass is 10.1. The highest BCUT2D eigenvalue weighted by Crippen LogP contribution is 2.09. The van der Waals surface area contributed by atoms with Crippen molar-refractivity contribution in [1.82, 2.24) is 20.0 Å². The first-order valence-electron chi connectivity index (χ1n) is 7.44. The number of carbonyl (C=O) groups excluding carboxylic acids is 1. The molecule has 0 spiro atoms. The average Bonchev–Trinajstić information content (AvgIpc) is 2.51. The van der Waals surface area contributed by atoms with Gasteiger partial charge < -0.3 is 15.5 Å².